The quantitative estimate of drug-likeness (QED) is 0.844. The molecule has 0 amide bonds. The van der Waals surface area contributed by atoms with E-state index in [1.165, 1.54) is 12.0 Å². The second-order valence-corrected chi connectivity index (χ2v) is 4.09. The second-order valence-electron chi connectivity index (χ2n) is 3.17. The minimum atomic E-state index is 1.11. The van der Waals surface area contributed by atoms with Crippen molar-refractivity contribution in [2.45, 2.75) is 19.8 Å². The van der Waals surface area contributed by atoms with E-state index in [0.29, 0.717) is 0 Å². The van der Waals surface area contributed by atoms with Crippen LogP contribution in [0.5, 0.6) is 0 Å². The van der Waals surface area contributed by atoms with Crippen molar-refractivity contribution in [2.24, 2.45) is 0 Å². The standard InChI is InChI=1S/C12H16BrN/c1-3-4-5-6-10-7-8-11(13)9-12(10)14-2/h5-9,14H,3-4H2,1-2H3/b6-5+. The van der Waals surface area contributed by atoms with E-state index in [1.807, 2.05) is 7.05 Å². The fraction of sp³-hybridized carbons (Fsp3) is 0.333. The van der Waals surface area contributed by atoms with Crippen molar-refractivity contribution in [2.75, 3.05) is 12.4 Å². The molecule has 0 unspecified atom stereocenters. The molecule has 0 aliphatic heterocycles. The maximum atomic E-state index is 3.45. The molecule has 0 heterocycles. The van der Waals surface area contributed by atoms with Gasteiger partial charge in [-0.05, 0) is 24.1 Å². The summed E-state index contributed by atoms with van der Waals surface area (Å²) in [6, 6.07) is 6.26. The first-order valence-electron chi connectivity index (χ1n) is 4.91. The van der Waals surface area contributed by atoms with Gasteiger partial charge in [0.2, 0.25) is 0 Å². The zero-order chi connectivity index (χ0) is 10.4. The fourth-order valence-electron chi connectivity index (χ4n) is 1.27. The Morgan fingerprint density at radius 3 is 2.86 bits per heavy atom. The first kappa shape index (κ1) is 11.3. The van der Waals surface area contributed by atoms with Crippen LogP contribution in [-0.4, -0.2) is 7.05 Å². The molecule has 1 aromatic carbocycles. The van der Waals surface area contributed by atoms with Crippen molar-refractivity contribution in [3.8, 4) is 0 Å². The number of hydrogen-bond donors (Lipinski definition) is 1. The Balaban J connectivity index is 2.85. The normalized spacial score (nSPS) is 10.8. The monoisotopic (exact) mass is 253 g/mol. The van der Waals surface area contributed by atoms with Gasteiger partial charge in [-0.2, -0.15) is 0 Å². The van der Waals surface area contributed by atoms with E-state index in [2.05, 4.69) is 58.5 Å². The summed E-state index contributed by atoms with van der Waals surface area (Å²) in [6.45, 7) is 2.19. The van der Waals surface area contributed by atoms with Crippen LogP contribution in [0.4, 0.5) is 5.69 Å². The summed E-state index contributed by atoms with van der Waals surface area (Å²) < 4.78 is 1.11. The minimum absolute atomic E-state index is 1.11. The Kier molecular flexibility index (Phi) is 4.74. The molecule has 1 aromatic rings. The summed E-state index contributed by atoms with van der Waals surface area (Å²) in [5, 5.41) is 3.18. The van der Waals surface area contributed by atoms with E-state index in [-0.39, 0.29) is 0 Å². The van der Waals surface area contributed by atoms with Gasteiger partial charge in [-0.25, -0.2) is 0 Å². The molecule has 1 nitrogen and oxygen atoms in total. The molecule has 0 spiro atoms. The van der Waals surface area contributed by atoms with E-state index in [1.54, 1.807) is 0 Å². The summed E-state index contributed by atoms with van der Waals surface area (Å²) in [7, 11) is 1.94. The van der Waals surface area contributed by atoms with Crippen LogP contribution in [0.25, 0.3) is 6.08 Å². The maximum Gasteiger partial charge on any atom is 0.0422 e. The van der Waals surface area contributed by atoms with E-state index in [0.717, 1.165) is 16.6 Å². The van der Waals surface area contributed by atoms with Gasteiger partial charge in [0.05, 0.1) is 0 Å². The molecule has 0 radical (unpaired) electrons. The van der Waals surface area contributed by atoms with Crippen LogP contribution in [0.1, 0.15) is 25.3 Å². The summed E-state index contributed by atoms with van der Waals surface area (Å²) >= 11 is 3.45. The first-order valence-corrected chi connectivity index (χ1v) is 5.71. The lowest BCUT2D eigenvalue weighted by molar-refractivity contribution is 0.962. The van der Waals surface area contributed by atoms with Crippen molar-refractivity contribution in [1.29, 1.82) is 0 Å². The lowest BCUT2D eigenvalue weighted by Crippen LogP contribution is -1.90. The second kappa shape index (κ2) is 5.86. The van der Waals surface area contributed by atoms with Crippen LogP contribution < -0.4 is 5.32 Å². The first-order chi connectivity index (χ1) is 6.77. The fourth-order valence-corrected chi connectivity index (χ4v) is 1.63. The Hall–Kier alpha value is -0.760. The van der Waals surface area contributed by atoms with Gasteiger partial charge in [-0.1, -0.05) is 47.5 Å². The Morgan fingerprint density at radius 2 is 2.21 bits per heavy atom. The molecular weight excluding hydrogens is 238 g/mol. The zero-order valence-electron chi connectivity index (χ0n) is 8.68. The molecule has 14 heavy (non-hydrogen) atoms. The minimum Gasteiger partial charge on any atom is -0.388 e. The summed E-state index contributed by atoms with van der Waals surface area (Å²) in [5.41, 5.74) is 2.40. The van der Waals surface area contributed by atoms with Crippen LogP contribution in [-0.2, 0) is 0 Å². The van der Waals surface area contributed by atoms with Crippen LogP contribution in [0.3, 0.4) is 0 Å². The van der Waals surface area contributed by atoms with E-state index >= 15 is 0 Å². The van der Waals surface area contributed by atoms with Gasteiger partial charge in [-0.15, -0.1) is 0 Å². The Labute approximate surface area is 94.3 Å². The van der Waals surface area contributed by atoms with Crippen molar-refractivity contribution in [3.63, 3.8) is 0 Å². The number of unbranched alkanes of at least 4 members (excludes halogenated alkanes) is 1. The van der Waals surface area contributed by atoms with Crippen molar-refractivity contribution < 1.29 is 0 Å². The third kappa shape index (κ3) is 3.18. The topological polar surface area (TPSA) is 12.0 Å². The molecule has 76 valence electrons. The number of halogens is 1. The van der Waals surface area contributed by atoms with Gasteiger partial charge in [-0.3, -0.25) is 0 Å². The van der Waals surface area contributed by atoms with Crippen LogP contribution in [0.2, 0.25) is 0 Å². The molecular formula is C12H16BrN. The Bertz CT molecular complexity index is 318. The summed E-state index contributed by atoms with van der Waals surface area (Å²) in [4.78, 5) is 0. The highest BCUT2D eigenvalue weighted by Gasteiger charge is 1.97. The molecule has 0 aromatic heterocycles. The lowest BCUT2D eigenvalue weighted by Gasteiger charge is -2.05. The molecule has 0 saturated carbocycles. The number of hydrogen-bond acceptors (Lipinski definition) is 1. The highest BCUT2D eigenvalue weighted by Crippen LogP contribution is 2.22. The van der Waals surface area contributed by atoms with Gasteiger partial charge >= 0.3 is 0 Å². The largest absolute Gasteiger partial charge is 0.388 e. The third-order valence-electron chi connectivity index (χ3n) is 2.04. The average Bonchev–Trinajstić information content (AvgIpc) is 2.20. The summed E-state index contributed by atoms with van der Waals surface area (Å²) in [6.07, 6.45) is 6.72. The number of anilines is 1. The van der Waals surface area contributed by atoms with Gasteiger partial charge in [0, 0.05) is 17.2 Å². The van der Waals surface area contributed by atoms with Crippen molar-refractivity contribution in [1.82, 2.24) is 0 Å². The van der Waals surface area contributed by atoms with Gasteiger partial charge in [0.15, 0.2) is 0 Å². The van der Waals surface area contributed by atoms with Crippen LogP contribution >= 0.6 is 15.9 Å². The maximum absolute atomic E-state index is 3.45. The third-order valence-corrected chi connectivity index (χ3v) is 2.53. The predicted octanol–water partition coefficient (Wildman–Crippen LogP) is 4.30. The SMILES string of the molecule is CCC/C=C/c1ccc(Br)cc1NC. The van der Waals surface area contributed by atoms with Gasteiger partial charge in [0.1, 0.15) is 0 Å². The van der Waals surface area contributed by atoms with Crippen molar-refractivity contribution in [3.05, 3.63) is 34.3 Å². The number of nitrogens with one attached hydrogen (secondary N) is 1. The molecule has 1 rings (SSSR count). The van der Waals surface area contributed by atoms with Crippen LogP contribution in [0, 0.1) is 0 Å². The molecule has 2 heteroatoms. The van der Waals surface area contributed by atoms with E-state index in [4.69, 9.17) is 0 Å². The van der Waals surface area contributed by atoms with E-state index in [9.17, 15) is 0 Å². The van der Waals surface area contributed by atoms with Crippen molar-refractivity contribution >= 4 is 27.7 Å². The van der Waals surface area contributed by atoms with Gasteiger partial charge < -0.3 is 5.32 Å². The molecule has 1 N–H and O–H groups in total. The summed E-state index contributed by atoms with van der Waals surface area (Å²) in [5.74, 6) is 0. The molecule has 0 fully saturated rings. The van der Waals surface area contributed by atoms with Gasteiger partial charge in [0.25, 0.3) is 0 Å². The average molecular weight is 254 g/mol. The molecule has 0 bridgehead atoms. The number of benzene rings is 1. The number of allylic oxidation sites excluding steroid dienone is 1. The van der Waals surface area contributed by atoms with E-state index < -0.39 is 0 Å². The lowest BCUT2D eigenvalue weighted by atomic mass is 10.1. The molecule has 0 aliphatic carbocycles. The van der Waals surface area contributed by atoms with Crippen LogP contribution in [0.15, 0.2) is 28.7 Å². The smallest absolute Gasteiger partial charge is 0.0422 e. The predicted molar refractivity (Wildman–Crippen MR) is 67.6 cm³/mol. The highest BCUT2D eigenvalue weighted by molar-refractivity contribution is 9.10. The number of rotatable bonds is 4. The molecule has 0 aliphatic rings. The highest BCUT2D eigenvalue weighted by atomic mass is 79.9. The molecule has 0 atom stereocenters. The Morgan fingerprint density at radius 1 is 1.43 bits per heavy atom. The zero-order valence-corrected chi connectivity index (χ0v) is 10.3. The molecule has 0 saturated heterocycles.